The molecule has 3 nitrogen and oxygen atoms in total. The average Bonchev–Trinajstić information content (AvgIpc) is 3.10. The highest BCUT2D eigenvalue weighted by Crippen LogP contribution is 2.44. The lowest BCUT2D eigenvalue weighted by Gasteiger charge is -2.14. The molecule has 0 bridgehead atoms. The van der Waals surface area contributed by atoms with E-state index in [1.54, 1.807) is 0 Å². The maximum absolute atomic E-state index is 13.3. The molecular weight excluding hydrogens is 434 g/mol. The number of nitrogens with one attached hydrogen (secondary N) is 1. The molecule has 0 saturated heterocycles. The van der Waals surface area contributed by atoms with Crippen LogP contribution in [0.2, 0.25) is 0 Å². The summed E-state index contributed by atoms with van der Waals surface area (Å²) in [4.78, 5) is 12.1. The fourth-order valence-corrected chi connectivity index (χ4v) is 4.05. The lowest BCUT2D eigenvalue weighted by Crippen LogP contribution is -2.26. The number of alkyl carbamates (subject to hydrolysis) is 1. The van der Waals surface area contributed by atoms with Crippen molar-refractivity contribution in [3.8, 4) is 11.1 Å². The van der Waals surface area contributed by atoms with Crippen molar-refractivity contribution in [2.24, 2.45) is 0 Å². The Balaban J connectivity index is 1.30. The van der Waals surface area contributed by atoms with Crippen LogP contribution in [0.5, 0.6) is 0 Å². The highest BCUT2D eigenvalue weighted by molar-refractivity contribution is 5.79. The van der Waals surface area contributed by atoms with Gasteiger partial charge in [-0.15, -0.1) is 0 Å². The van der Waals surface area contributed by atoms with Crippen LogP contribution in [0.15, 0.2) is 72.8 Å². The topological polar surface area (TPSA) is 38.3 Å². The second kappa shape index (κ2) is 9.48. The quantitative estimate of drug-likeness (QED) is 0.328. The van der Waals surface area contributed by atoms with Gasteiger partial charge in [0.05, 0.1) is 5.56 Å². The number of halogens is 4. The average molecular weight is 455 g/mol. The number of carbonyl (C=O) groups excluding carboxylic acids is 1. The minimum atomic E-state index is -4.58. The molecule has 33 heavy (non-hydrogen) atoms. The Morgan fingerprint density at radius 3 is 2.24 bits per heavy atom. The highest BCUT2D eigenvalue weighted by atomic mass is 19.4. The molecule has 0 atom stereocenters. The van der Waals surface area contributed by atoms with E-state index in [9.17, 15) is 22.4 Å². The van der Waals surface area contributed by atoms with Crippen molar-refractivity contribution in [1.29, 1.82) is 0 Å². The van der Waals surface area contributed by atoms with E-state index in [-0.39, 0.29) is 31.1 Å². The van der Waals surface area contributed by atoms with Gasteiger partial charge in [0.15, 0.2) is 0 Å². The zero-order valence-electron chi connectivity index (χ0n) is 17.5. The van der Waals surface area contributed by atoms with Gasteiger partial charge in [-0.05, 0) is 52.4 Å². The van der Waals surface area contributed by atoms with E-state index in [2.05, 4.69) is 5.32 Å². The number of fused-ring (bicyclic) bond motifs is 3. The lowest BCUT2D eigenvalue weighted by molar-refractivity contribution is -0.137. The van der Waals surface area contributed by atoms with Crippen LogP contribution in [0.1, 0.15) is 34.6 Å². The van der Waals surface area contributed by atoms with Crippen molar-refractivity contribution in [2.45, 2.75) is 18.5 Å². The zero-order valence-corrected chi connectivity index (χ0v) is 17.5. The molecule has 0 saturated carbocycles. The fraction of sp³-hybridized carbons (Fsp3) is 0.192. The van der Waals surface area contributed by atoms with Crippen molar-refractivity contribution < 1.29 is 27.1 Å². The third-order valence-electron chi connectivity index (χ3n) is 5.54. The first-order valence-electron chi connectivity index (χ1n) is 10.5. The Bertz CT molecular complexity index is 1140. The van der Waals surface area contributed by atoms with Crippen LogP contribution in [-0.4, -0.2) is 19.2 Å². The van der Waals surface area contributed by atoms with Crippen LogP contribution < -0.4 is 5.32 Å². The van der Waals surface area contributed by atoms with Gasteiger partial charge in [-0.1, -0.05) is 60.7 Å². The molecule has 0 heterocycles. The molecule has 0 radical (unpaired) electrons. The largest absolute Gasteiger partial charge is 0.449 e. The van der Waals surface area contributed by atoms with Gasteiger partial charge < -0.3 is 10.1 Å². The van der Waals surface area contributed by atoms with Crippen LogP contribution in [0, 0.1) is 5.82 Å². The van der Waals surface area contributed by atoms with Gasteiger partial charge in [0.1, 0.15) is 12.4 Å². The number of alkyl halides is 3. The summed E-state index contributed by atoms with van der Waals surface area (Å²) in [6.07, 6.45) is -2.27. The summed E-state index contributed by atoms with van der Waals surface area (Å²) in [5, 5.41) is 2.59. The van der Waals surface area contributed by atoms with Crippen LogP contribution in [0.25, 0.3) is 17.2 Å². The van der Waals surface area contributed by atoms with Crippen LogP contribution in [0.3, 0.4) is 0 Å². The number of amides is 1. The minimum Gasteiger partial charge on any atom is -0.449 e. The SMILES string of the molecule is O=C(NCCC=Cc1cc(F)ccc1C(F)(F)F)OCC1c2ccccc2-c2ccccc21. The van der Waals surface area contributed by atoms with Gasteiger partial charge in [0, 0.05) is 12.5 Å². The van der Waals surface area contributed by atoms with Crippen molar-refractivity contribution in [1.82, 2.24) is 5.32 Å². The van der Waals surface area contributed by atoms with Crippen LogP contribution in [-0.2, 0) is 10.9 Å². The Labute approximate surface area is 188 Å². The molecule has 0 aromatic heterocycles. The zero-order chi connectivity index (χ0) is 23.4. The summed E-state index contributed by atoms with van der Waals surface area (Å²) in [6, 6.07) is 18.3. The number of hydrogen-bond acceptors (Lipinski definition) is 2. The summed E-state index contributed by atoms with van der Waals surface area (Å²) in [5.74, 6) is -0.809. The molecule has 170 valence electrons. The van der Waals surface area contributed by atoms with Crippen LogP contribution in [0.4, 0.5) is 22.4 Å². The minimum absolute atomic E-state index is 0.0585. The summed E-state index contributed by atoms with van der Waals surface area (Å²) < 4.78 is 57.8. The highest BCUT2D eigenvalue weighted by Gasteiger charge is 2.32. The molecule has 1 N–H and O–H groups in total. The second-order valence-corrected chi connectivity index (χ2v) is 7.67. The molecule has 3 aromatic rings. The summed E-state index contributed by atoms with van der Waals surface area (Å²) in [6.45, 7) is 0.345. The Kier molecular flexibility index (Phi) is 6.49. The van der Waals surface area contributed by atoms with Crippen molar-refractivity contribution in [3.05, 3.63) is 101 Å². The van der Waals surface area contributed by atoms with E-state index in [1.807, 2.05) is 48.5 Å². The molecule has 0 spiro atoms. The molecule has 0 aliphatic heterocycles. The Morgan fingerprint density at radius 2 is 1.61 bits per heavy atom. The maximum atomic E-state index is 13.3. The molecular formula is C26H21F4NO2. The normalized spacial score (nSPS) is 13.1. The molecule has 7 heteroatoms. The van der Waals surface area contributed by atoms with Crippen molar-refractivity contribution in [2.75, 3.05) is 13.2 Å². The number of ether oxygens (including phenoxy) is 1. The molecule has 1 aliphatic rings. The molecule has 1 amide bonds. The molecule has 4 rings (SSSR count). The lowest BCUT2D eigenvalue weighted by atomic mass is 9.98. The maximum Gasteiger partial charge on any atom is 0.416 e. The predicted octanol–water partition coefficient (Wildman–Crippen LogP) is 6.79. The number of hydrogen-bond donors (Lipinski definition) is 1. The number of carbonyl (C=O) groups is 1. The van der Waals surface area contributed by atoms with E-state index in [1.165, 1.54) is 12.2 Å². The van der Waals surface area contributed by atoms with E-state index >= 15 is 0 Å². The number of benzene rings is 3. The van der Waals surface area contributed by atoms with Crippen LogP contribution >= 0.6 is 0 Å². The third-order valence-corrected chi connectivity index (χ3v) is 5.54. The van der Waals surface area contributed by atoms with E-state index in [0.29, 0.717) is 6.07 Å². The molecule has 0 unspecified atom stereocenters. The smallest absolute Gasteiger partial charge is 0.416 e. The number of rotatable bonds is 6. The van der Waals surface area contributed by atoms with Gasteiger partial charge in [-0.25, -0.2) is 9.18 Å². The van der Waals surface area contributed by atoms with Gasteiger partial charge in [0.2, 0.25) is 0 Å². The van der Waals surface area contributed by atoms with Crippen molar-refractivity contribution >= 4 is 12.2 Å². The first-order valence-corrected chi connectivity index (χ1v) is 10.5. The third kappa shape index (κ3) is 5.08. The first-order chi connectivity index (χ1) is 15.8. The second-order valence-electron chi connectivity index (χ2n) is 7.67. The predicted molar refractivity (Wildman–Crippen MR) is 118 cm³/mol. The summed E-state index contributed by atoms with van der Waals surface area (Å²) in [5.41, 5.74) is 3.29. The summed E-state index contributed by atoms with van der Waals surface area (Å²) >= 11 is 0. The summed E-state index contributed by atoms with van der Waals surface area (Å²) in [7, 11) is 0. The molecule has 1 aliphatic carbocycles. The standard InChI is InChI=1S/C26H21F4NO2/c27-18-12-13-24(26(28,29)30)17(15-18)7-5-6-14-31-25(32)33-16-23-21-10-3-1-8-19(21)20-9-2-4-11-22(20)23/h1-5,7-13,15,23H,6,14,16H2,(H,31,32). The molecule has 3 aromatic carbocycles. The Morgan fingerprint density at radius 1 is 0.970 bits per heavy atom. The monoisotopic (exact) mass is 455 g/mol. The van der Waals surface area contributed by atoms with E-state index in [4.69, 9.17) is 4.74 Å². The Hall–Kier alpha value is -3.61. The fourth-order valence-electron chi connectivity index (χ4n) is 4.05. The first kappa shape index (κ1) is 22.6. The van der Waals surface area contributed by atoms with Gasteiger partial charge in [-0.2, -0.15) is 13.2 Å². The van der Waals surface area contributed by atoms with Gasteiger partial charge >= 0.3 is 12.3 Å². The van der Waals surface area contributed by atoms with E-state index in [0.717, 1.165) is 34.4 Å². The van der Waals surface area contributed by atoms with Gasteiger partial charge in [0.25, 0.3) is 0 Å². The van der Waals surface area contributed by atoms with Crippen molar-refractivity contribution in [3.63, 3.8) is 0 Å². The van der Waals surface area contributed by atoms with E-state index < -0.39 is 23.7 Å². The van der Waals surface area contributed by atoms with Gasteiger partial charge in [-0.3, -0.25) is 0 Å². The molecule has 0 fully saturated rings.